The number of carbonyl (C=O) groups is 1. The fourth-order valence-electron chi connectivity index (χ4n) is 3.77. The third-order valence-corrected chi connectivity index (χ3v) is 6.12. The second-order valence-electron chi connectivity index (χ2n) is 8.37. The molecular weight excluding hydrogens is 434 g/mol. The van der Waals surface area contributed by atoms with E-state index in [4.69, 9.17) is 13.9 Å². The highest BCUT2D eigenvalue weighted by Gasteiger charge is 2.31. The average molecular weight is 463 g/mol. The van der Waals surface area contributed by atoms with Crippen LogP contribution in [0.1, 0.15) is 22.5 Å². The maximum Gasteiger partial charge on any atom is 0.340 e. The number of amides is 1. The van der Waals surface area contributed by atoms with Crippen LogP contribution < -0.4 is 5.63 Å². The Hall–Kier alpha value is -2.76. The minimum Gasteiger partial charge on any atom is -0.461 e. The van der Waals surface area contributed by atoms with E-state index in [1.54, 1.807) is 13.0 Å². The summed E-state index contributed by atoms with van der Waals surface area (Å²) in [4.78, 5) is 26.4. The Kier molecular flexibility index (Phi) is 7.25. The SMILES string of the molecule is Cc1oc2cc3oc(=O)c(CC(=O)N(C)C[C@@H](O)[C@@H](O)[C@H](O)[C@H](O)CO)c(C)c3cc2c1C. The number of hydrogen-bond acceptors (Lipinski definition) is 9. The van der Waals surface area contributed by atoms with Crippen LogP contribution in [-0.4, -0.2) is 81.0 Å². The fourth-order valence-corrected chi connectivity index (χ4v) is 3.77. The van der Waals surface area contributed by atoms with E-state index in [1.165, 1.54) is 7.05 Å². The molecule has 10 nitrogen and oxygen atoms in total. The van der Waals surface area contributed by atoms with Crippen molar-refractivity contribution in [2.24, 2.45) is 0 Å². The van der Waals surface area contributed by atoms with Crippen molar-refractivity contribution in [1.82, 2.24) is 4.90 Å². The number of aliphatic hydroxyl groups excluding tert-OH is 5. The molecule has 0 aliphatic rings. The highest BCUT2D eigenvalue weighted by atomic mass is 16.4. The summed E-state index contributed by atoms with van der Waals surface area (Å²) in [5.74, 6) is 0.235. The van der Waals surface area contributed by atoms with Crippen molar-refractivity contribution in [3.63, 3.8) is 0 Å². The number of benzene rings is 1. The van der Waals surface area contributed by atoms with Crippen LogP contribution in [0.15, 0.2) is 25.8 Å². The van der Waals surface area contributed by atoms with Crippen molar-refractivity contribution >= 4 is 27.8 Å². The molecule has 33 heavy (non-hydrogen) atoms. The molecule has 10 heteroatoms. The van der Waals surface area contributed by atoms with Crippen molar-refractivity contribution in [2.45, 2.75) is 51.6 Å². The number of likely N-dealkylation sites (N-methyl/N-ethyl adjacent to an activating group) is 1. The number of fused-ring (bicyclic) bond motifs is 2. The molecule has 0 saturated heterocycles. The number of aliphatic hydroxyl groups is 5. The highest BCUT2D eigenvalue weighted by Crippen LogP contribution is 2.31. The smallest absolute Gasteiger partial charge is 0.340 e. The summed E-state index contributed by atoms with van der Waals surface area (Å²) in [5, 5.41) is 49.6. The first-order valence-corrected chi connectivity index (χ1v) is 10.5. The summed E-state index contributed by atoms with van der Waals surface area (Å²) < 4.78 is 11.1. The second-order valence-corrected chi connectivity index (χ2v) is 8.37. The van der Waals surface area contributed by atoms with Crippen LogP contribution in [0.3, 0.4) is 0 Å². The molecule has 0 aliphatic carbocycles. The summed E-state index contributed by atoms with van der Waals surface area (Å²) in [6, 6.07) is 3.51. The van der Waals surface area contributed by atoms with E-state index < -0.39 is 42.6 Å². The molecule has 0 saturated carbocycles. The van der Waals surface area contributed by atoms with Crippen molar-refractivity contribution in [3.05, 3.63) is 45.0 Å². The topological polar surface area (TPSA) is 165 Å². The summed E-state index contributed by atoms with van der Waals surface area (Å²) in [6.45, 7) is 4.32. The van der Waals surface area contributed by atoms with E-state index in [-0.39, 0.29) is 18.5 Å². The van der Waals surface area contributed by atoms with Crippen LogP contribution in [0, 0.1) is 20.8 Å². The van der Waals surface area contributed by atoms with E-state index in [0.29, 0.717) is 22.1 Å². The Morgan fingerprint density at radius 3 is 2.15 bits per heavy atom. The monoisotopic (exact) mass is 463 g/mol. The van der Waals surface area contributed by atoms with Crippen LogP contribution in [0.5, 0.6) is 0 Å². The third kappa shape index (κ3) is 4.80. The molecule has 180 valence electrons. The Balaban J connectivity index is 1.83. The van der Waals surface area contributed by atoms with Gasteiger partial charge in [0.15, 0.2) is 0 Å². The average Bonchev–Trinajstić information content (AvgIpc) is 3.06. The van der Waals surface area contributed by atoms with E-state index in [1.807, 2.05) is 19.9 Å². The van der Waals surface area contributed by atoms with Gasteiger partial charge in [0.2, 0.25) is 5.91 Å². The van der Waals surface area contributed by atoms with Gasteiger partial charge in [-0.1, -0.05) is 0 Å². The lowest BCUT2D eigenvalue weighted by Crippen LogP contribution is -2.50. The van der Waals surface area contributed by atoms with Crippen LogP contribution in [0.4, 0.5) is 0 Å². The van der Waals surface area contributed by atoms with Gasteiger partial charge >= 0.3 is 5.63 Å². The lowest BCUT2D eigenvalue weighted by molar-refractivity contribution is -0.137. The lowest BCUT2D eigenvalue weighted by Gasteiger charge is -2.28. The number of nitrogens with zero attached hydrogens (tertiary/aromatic N) is 1. The fraction of sp³-hybridized carbons (Fsp3) is 0.478. The predicted molar refractivity (Wildman–Crippen MR) is 119 cm³/mol. The summed E-state index contributed by atoms with van der Waals surface area (Å²) in [5.41, 5.74) is 2.01. The molecule has 0 unspecified atom stereocenters. The predicted octanol–water partition coefficient (Wildman–Crippen LogP) is -0.0987. The van der Waals surface area contributed by atoms with E-state index in [2.05, 4.69) is 0 Å². The van der Waals surface area contributed by atoms with Gasteiger partial charge in [0, 0.05) is 30.4 Å². The molecule has 0 bridgehead atoms. The Bertz CT molecular complexity index is 1230. The minimum atomic E-state index is -1.80. The van der Waals surface area contributed by atoms with Crippen molar-refractivity contribution in [2.75, 3.05) is 20.2 Å². The number of aryl methyl sites for hydroxylation is 3. The molecule has 2 heterocycles. The maximum absolute atomic E-state index is 12.7. The van der Waals surface area contributed by atoms with Gasteiger partial charge in [0.1, 0.15) is 41.3 Å². The molecule has 3 rings (SSSR count). The largest absolute Gasteiger partial charge is 0.461 e. The van der Waals surface area contributed by atoms with Crippen LogP contribution in [0.2, 0.25) is 0 Å². The molecule has 4 atom stereocenters. The summed E-state index contributed by atoms with van der Waals surface area (Å²) in [6.07, 6.45) is -7.12. The first-order chi connectivity index (χ1) is 15.5. The molecule has 0 spiro atoms. The molecule has 1 amide bonds. The number of rotatable bonds is 8. The molecule has 1 aromatic carbocycles. The molecule has 0 fully saturated rings. The quantitative estimate of drug-likeness (QED) is 0.287. The van der Waals surface area contributed by atoms with Crippen molar-refractivity contribution < 1.29 is 39.2 Å². The maximum atomic E-state index is 12.7. The van der Waals surface area contributed by atoms with Gasteiger partial charge in [-0.15, -0.1) is 0 Å². The molecule has 3 aromatic rings. The zero-order chi connectivity index (χ0) is 24.6. The first-order valence-electron chi connectivity index (χ1n) is 10.5. The van der Waals surface area contributed by atoms with E-state index in [9.17, 15) is 30.0 Å². The van der Waals surface area contributed by atoms with Gasteiger partial charge in [-0.05, 0) is 38.0 Å². The zero-order valence-electron chi connectivity index (χ0n) is 18.9. The molecule has 5 N–H and O–H groups in total. The highest BCUT2D eigenvalue weighted by molar-refractivity contribution is 5.97. The standard InChI is InChI=1S/C23H29NO9/c1-10-12(3)32-18-7-19-14(5-13(10)18)11(2)15(23(31)33-19)6-20(28)24(4)8-16(26)21(29)22(30)17(27)9-25/h5,7,16-17,21-22,25-27,29-30H,6,8-9H2,1-4H3/t16-,17-,21-,22-/m1/s1. The zero-order valence-corrected chi connectivity index (χ0v) is 18.9. The summed E-state index contributed by atoms with van der Waals surface area (Å²) in [7, 11) is 1.37. The van der Waals surface area contributed by atoms with Crippen LogP contribution >= 0.6 is 0 Å². The van der Waals surface area contributed by atoms with Gasteiger partial charge in [-0.3, -0.25) is 4.79 Å². The van der Waals surface area contributed by atoms with E-state index in [0.717, 1.165) is 21.6 Å². The minimum absolute atomic E-state index is 0.169. The molecule has 2 aromatic heterocycles. The second kappa shape index (κ2) is 9.62. The molecule has 0 aliphatic heterocycles. The number of furan rings is 1. The van der Waals surface area contributed by atoms with Crippen molar-refractivity contribution in [1.29, 1.82) is 0 Å². The van der Waals surface area contributed by atoms with E-state index >= 15 is 0 Å². The Labute approximate surface area is 189 Å². The first kappa shape index (κ1) is 24.9. The van der Waals surface area contributed by atoms with Crippen LogP contribution in [0.25, 0.3) is 21.9 Å². The molecular formula is C23H29NO9. The number of hydrogen-bond donors (Lipinski definition) is 5. The van der Waals surface area contributed by atoms with Gasteiger partial charge in [0.25, 0.3) is 0 Å². The number of carbonyl (C=O) groups excluding carboxylic acids is 1. The van der Waals surface area contributed by atoms with Gasteiger partial charge in [-0.2, -0.15) is 0 Å². The summed E-state index contributed by atoms with van der Waals surface area (Å²) >= 11 is 0. The van der Waals surface area contributed by atoms with Gasteiger partial charge in [-0.25, -0.2) is 4.79 Å². The van der Waals surface area contributed by atoms with Crippen LogP contribution in [-0.2, 0) is 11.2 Å². The normalized spacial score (nSPS) is 15.5. The third-order valence-electron chi connectivity index (χ3n) is 6.12. The van der Waals surface area contributed by atoms with Gasteiger partial charge in [0.05, 0.1) is 18.6 Å². The molecule has 0 radical (unpaired) electrons. The van der Waals surface area contributed by atoms with Crippen molar-refractivity contribution in [3.8, 4) is 0 Å². The van der Waals surface area contributed by atoms with Gasteiger partial charge < -0.3 is 39.3 Å². The Morgan fingerprint density at radius 2 is 1.52 bits per heavy atom. The Morgan fingerprint density at radius 1 is 0.939 bits per heavy atom. The lowest BCUT2D eigenvalue weighted by atomic mass is 10.0.